The Bertz CT molecular complexity index is 495. The van der Waals surface area contributed by atoms with Crippen LogP contribution in [0.15, 0.2) is 30.3 Å². The highest BCUT2D eigenvalue weighted by Crippen LogP contribution is 2.14. The van der Waals surface area contributed by atoms with Crippen LogP contribution in [0, 0.1) is 17.2 Å². The predicted octanol–water partition coefficient (Wildman–Crippen LogP) is 1.13. The van der Waals surface area contributed by atoms with Crippen LogP contribution in [-0.2, 0) is 11.2 Å². The first-order chi connectivity index (χ1) is 8.70. The van der Waals surface area contributed by atoms with Crippen molar-refractivity contribution in [3.05, 3.63) is 35.9 Å². The van der Waals surface area contributed by atoms with E-state index in [0.29, 0.717) is 11.5 Å². The molecule has 1 aromatic carbocycles. The van der Waals surface area contributed by atoms with Gasteiger partial charge in [-0.05, 0) is 30.6 Å². The quantitative estimate of drug-likeness (QED) is 0.799. The van der Waals surface area contributed by atoms with Crippen molar-refractivity contribution in [1.29, 1.82) is 5.26 Å². The van der Waals surface area contributed by atoms with Crippen LogP contribution in [0.2, 0.25) is 0 Å². The van der Waals surface area contributed by atoms with Crippen molar-refractivity contribution >= 4 is 23.2 Å². The molecule has 1 amide bonds. The van der Waals surface area contributed by atoms with Gasteiger partial charge in [-0.15, -0.1) is 0 Å². The summed E-state index contributed by atoms with van der Waals surface area (Å²) in [5.74, 6) is -0.986. The maximum absolute atomic E-state index is 11.6. The molecule has 2 rings (SSSR count). The summed E-state index contributed by atoms with van der Waals surface area (Å²) >= 11 is 4.94. The number of benzene rings is 1. The average molecular weight is 259 g/mol. The van der Waals surface area contributed by atoms with Crippen LogP contribution in [0.4, 0.5) is 0 Å². The smallest absolute Gasteiger partial charge is 0.245 e. The van der Waals surface area contributed by atoms with Crippen LogP contribution in [0.25, 0.3) is 0 Å². The SMILES string of the molecule is N#C[C@@H]1C(=O)NC(=S)N[C@H]1CCc1ccccc1. The number of nitriles is 1. The molecule has 2 atom stereocenters. The Morgan fingerprint density at radius 2 is 2.06 bits per heavy atom. The molecule has 4 nitrogen and oxygen atoms in total. The Labute approximate surface area is 111 Å². The van der Waals surface area contributed by atoms with Crippen molar-refractivity contribution in [2.24, 2.45) is 5.92 Å². The molecular formula is C13H13N3OS. The number of carbonyl (C=O) groups excluding carboxylic acids is 1. The van der Waals surface area contributed by atoms with Gasteiger partial charge in [0.25, 0.3) is 0 Å². The first kappa shape index (κ1) is 12.5. The second kappa shape index (κ2) is 5.61. The zero-order valence-electron chi connectivity index (χ0n) is 9.72. The molecule has 0 aliphatic carbocycles. The van der Waals surface area contributed by atoms with Gasteiger partial charge in [0.15, 0.2) is 5.11 Å². The van der Waals surface area contributed by atoms with Gasteiger partial charge in [0.1, 0.15) is 5.92 Å². The number of rotatable bonds is 3. The molecule has 0 spiro atoms. The van der Waals surface area contributed by atoms with Gasteiger partial charge >= 0.3 is 0 Å². The van der Waals surface area contributed by atoms with E-state index in [1.165, 1.54) is 5.56 Å². The molecule has 2 N–H and O–H groups in total. The molecule has 0 unspecified atom stereocenters. The molecule has 1 aliphatic rings. The number of aryl methyl sites for hydroxylation is 1. The van der Waals surface area contributed by atoms with Gasteiger partial charge in [-0.25, -0.2) is 0 Å². The van der Waals surface area contributed by atoms with E-state index in [2.05, 4.69) is 10.6 Å². The third-order valence-corrected chi connectivity index (χ3v) is 3.18. The number of nitrogens with one attached hydrogen (secondary N) is 2. The highest BCUT2D eigenvalue weighted by atomic mass is 32.1. The highest BCUT2D eigenvalue weighted by Gasteiger charge is 2.33. The van der Waals surface area contributed by atoms with E-state index in [4.69, 9.17) is 17.5 Å². The van der Waals surface area contributed by atoms with Crippen molar-refractivity contribution in [2.75, 3.05) is 0 Å². The predicted molar refractivity (Wildman–Crippen MR) is 71.5 cm³/mol. The van der Waals surface area contributed by atoms with Crippen molar-refractivity contribution in [3.8, 4) is 6.07 Å². The Hall–Kier alpha value is -1.93. The first-order valence-electron chi connectivity index (χ1n) is 5.75. The number of nitrogens with zero attached hydrogens (tertiary/aromatic N) is 1. The highest BCUT2D eigenvalue weighted by molar-refractivity contribution is 7.80. The Morgan fingerprint density at radius 3 is 2.72 bits per heavy atom. The van der Waals surface area contributed by atoms with Crippen molar-refractivity contribution < 1.29 is 4.79 Å². The molecule has 1 saturated heterocycles. The lowest BCUT2D eigenvalue weighted by atomic mass is 9.93. The molecule has 1 aromatic rings. The average Bonchev–Trinajstić information content (AvgIpc) is 2.37. The van der Waals surface area contributed by atoms with Crippen molar-refractivity contribution in [3.63, 3.8) is 0 Å². The second-order valence-corrected chi connectivity index (χ2v) is 4.61. The summed E-state index contributed by atoms with van der Waals surface area (Å²) in [5.41, 5.74) is 1.19. The van der Waals surface area contributed by atoms with Gasteiger partial charge in [-0.3, -0.25) is 4.79 Å². The third-order valence-electron chi connectivity index (χ3n) is 2.96. The van der Waals surface area contributed by atoms with Gasteiger partial charge in [0.2, 0.25) is 5.91 Å². The maximum atomic E-state index is 11.6. The lowest BCUT2D eigenvalue weighted by molar-refractivity contribution is -0.123. The second-order valence-electron chi connectivity index (χ2n) is 4.20. The van der Waals surface area contributed by atoms with Gasteiger partial charge in [0.05, 0.1) is 12.1 Å². The monoisotopic (exact) mass is 259 g/mol. The van der Waals surface area contributed by atoms with E-state index in [1.54, 1.807) is 0 Å². The normalized spacial score (nSPS) is 22.8. The molecule has 1 heterocycles. The fourth-order valence-corrected chi connectivity index (χ4v) is 2.27. The molecule has 5 heteroatoms. The van der Waals surface area contributed by atoms with E-state index in [9.17, 15) is 4.79 Å². The maximum Gasteiger partial charge on any atom is 0.245 e. The van der Waals surface area contributed by atoms with E-state index in [1.807, 2.05) is 36.4 Å². The number of amides is 1. The summed E-state index contributed by atoms with van der Waals surface area (Å²) in [6.07, 6.45) is 1.52. The summed E-state index contributed by atoms with van der Waals surface area (Å²) in [7, 11) is 0. The minimum Gasteiger partial charge on any atom is -0.358 e. The Morgan fingerprint density at radius 1 is 1.33 bits per heavy atom. The fraction of sp³-hybridized carbons (Fsp3) is 0.308. The van der Waals surface area contributed by atoms with E-state index in [-0.39, 0.29) is 11.9 Å². The zero-order valence-corrected chi connectivity index (χ0v) is 10.5. The van der Waals surface area contributed by atoms with Gasteiger partial charge < -0.3 is 10.6 Å². The van der Waals surface area contributed by atoms with Gasteiger partial charge in [0, 0.05) is 0 Å². The molecule has 18 heavy (non-hydrogen) atoms. The molecule has 92 valence electrons. The number of hydrogen-bond acceptors (Lipinski definition) is 3. The van der Waals surface area contributed by atoms with Crippen LogP contribution in [-0.4, -0.2) is 17.1 Å². The summed E-state index contributed by atoms with van der Waals surface area (Å²) in [5, 5.41) is 14.8. The molecule has 0 aromatic heterocycles. The topological polar surface area (TPSA) is 64.9 Å². The van der Waals surface area contributed by atoms with Crippen LogP contribution in [0.5, 0.6) is 0 Å². The lowest BCUT2D eigenvalue weighted by Gasteiger charge is -2.29. The Balaban J connectivity index is 2.01. The number of carbonyl (C=O) groups is 1. The van der Waals surface area contributed by atoms with Crippen molar-refractivity contribution in [2.45, 2.75) is 18.9 Å². The molecular weight excluding hydrogens is 246 g/mol. The third kappa shape index (κ3) is 2.84. The fourth-order valence-electron chi connectivity index (χ4n) is 2.01. The molecule has 0 radical (unpaired) electrons. The van der Waals surface area contributed by atoms with Crippen LogP contribution >= 0.6 is 12.2 Å². The summed E-state index contributed by atoms with van der Waals surface area (Å²) in [4.78, 5) is 11.6. The van der Waals surface area contributed by atoms with E-state index in [0.717, 1.165) is 6.42 Å². The molecule has 0 bridgehead atoms. The van der Waals surface area contributed by atoms with Gasteiger partial charge in [-0.1, -0.05) is 30.3 Å². The summed E-state index contributed by atoms with van der Waals surface area (Å²) < 4.78 is 0. The molecule has 1 fully saturated rings. The number of thiocarbonyl (C=S) groups is 1. The minimum absolute atomic E-state index is 0.212. The summed E-state index contributed by atoms with van der Waals surface area (Å²) in [6, 6.07) is 11.8. The number of hydrogen-bond donors (Lipinski definition) is 2. The largest absolute Gasteiger partial charge is 0.358 e. The van der Waals surface area contributed by atoms with E-state index < -0.39 is 5.92 Å². The molecule has 0 saturated carbocycles. The van der Waals surface area contributed by atoms with Crippen LogP contribution in [0.1, 0.15) is 12.0 Å². The van der Waals surface area contributed by atoms with Crippen LogP contribution < -0.4 is 10.6 Å². The minimum atomic E-state index is -0.680. The molecule has 1 aliphatic heterocycles. The first-order valence-corrected chi connectivity index (χ1v) is 6.16. The van der Waals surface area contributed by atoms with Gasteiger partial charge in [-0.2, -0.15) is 5.26 Å². The van der Waals surface area contributed by atoms with Crippen molar-refractivity contribution in [1.82, 2.24) is 10.6 Å². The standard InChI is InChI=1S/C13H13N3OS/c14-8-10-11(15-13(18)16-12(10)17)7-6-9-4-2-1-3-5-9/h1-5,10-11H,6-7H2,(H2,15,16,17,18)/t10-,11-/m0/s1. The Kier molecular flexibility index (Phi) is 3.90. The zero-order chi connectivity index (χ0) is 13.0. The lowest BCUT2D eigenvalue weighted by Crippen LogP contribution is -2.57. The van der Waals surface area contributed by atoms with E-state index >= 15 is 0 Å². The summed E-state index contributed by atoms with van der Waals surface area (Å²) in [6.45, 7) is 0. The van der Waals surface area contributed by atoms with Crippen LogP contribution in [0.3, 0.4) is 0 Å².